The van der Waals surface area contributed by atoms with Gasteiger partial charge in [0.25, 0.3) is 0 Å². The van der Waals surface area contributed by atoms with E-state index < -0.39 is 0 Å². The van der Waals surface area contributed by atoms with Crippen LogP contribution in [-0.4, -0.2) is 37.2 Å². The van der Waals surface area contributed by atoms with E-state index in [1.807, 2.05) is 64.1 Å². The predicted octanol–water partition coefficient (Wildman–Crippen LogP) is 3.90. The van der Waals surface area contributed by atoms with Crippen LogP contribution in [0.15, 0.2) is 53.6 Å². The van der Waals surface area contributed by atoms with E-state index in [4.69, 9.17) is 0 Å². The van der Waals surface area contributed by atoms with Crippen molar-refractivity contribution in [1.29, 1.82) is 0 Å². The van der Waals surface area contributed by atoms with Crippen molar-refractivity contribution in [2.75, 3.05) is 0 Å². The molecule has 3 rings (SSSR count). The highest BCUT2D eigenvalue weighted by Gasteiger charge is 2.17. The molecule has 1 aromatic carbocycles. The number of nitrogens with zero attached hydrogens (tertiary/aromatic N) is 4. The molecule has 0 saturated heterocycles. The smallest absolute Gasteiger partial charge is 0.233 e. The van der Waals surface area contributed by atoms with Crippen molar-refractivity contribution in [3.05, 3.63) is 65.5 Å². The summed E-state index contributed by atoms with van der Waals surface area (Å²) in [6.07, 6.45) is 1.85. The molecular formula is C22H27N5OS. The highest BCUT2D eigenvalue weighted by molar-refractivity contribution is 8.00. The van der Waals surface area contributed by atoms with Crippen LogP contribution in [0.4, 0.5) is 0 Å². The van der Waals surface area contributed by atoms with E-state index in [1.165, 1.54) is 17.3 Å². The van der Waals surface area contributed by atoms with Gasteiger partial charge < -0.3 is 5.32 Å². The Balaban J connectivity index is 1.50. The summed E-state index contributed by atoms with van der Waals surface area (Å²) in [5.41, 5.74) is 3.23. The van der Waals surface area contributed by atoms with Gasteiger partial charge in [-0.1, -0.05) is 42.1 Å². The third-order valence-corrected chi connectivity index (χ3v) is 5.64. The molecule has 1 amide bonds. The summed E-state index contributed by atoms with van der Waals surface area (Å²) in [6, 6.07) is 16.2. The van der Waals surface area contributed by atoms with Crippen LogP contribution in [0, 0.1) is 13.8 Å². The Morgan fingerprint density at radius 1 is 1.10 bits per heavy atom. The lowest BCUT2D eigenvalue weighted by molar-refractivity contribution is -0.120. The molecule has 3 aromatic rings. The molecule has 0 saturated carbocycles. The molecule has 0 spiro atoms. The Labute approximate surface area is 176 Å². The van der Waals surface area contributed by atoms with Crippen LogP contribution in [0.25, 0.3) is 5.82 Å². The molecule has 0 fully saturated rings. The Bertz CT molecular complexity index is 940. The maximum absolute atomic E-state index is 12.5. The number of carbonyl (C=O) groups excluding carboxylic acids is 1. The zero-order valence-corrected chi connectivity index (χ0v) is 18.1. The number of rotatable bonds is 8. The molecule has 0 radical (unpaired) electrons. The largest absolute Gasteiger partial charge is 0.353 e. The van der Waals surface area contributed by atoms with Crippen molar-refractivity contribution in [3.8, 4) is 5.82 Å². The SMILES string of the molecule is Cc1cc(C)n(-c2ccc(SC(C)C(=O)NC(C)CCc3ccccc3)nn2)n1. The standard InChI is InChI=1S/C22H27N5OS/c1-15(10-11-19-8-6-5-7-9-19)23-22(28)18(4)29-21-13-12-20(24-25-21)27-17(3)14-16(2)26-27/h5-9,12-15,18H,10-11H2,1-4H3,(H,23,28). The first-order chi connectivity index (χ1) is 13.9. The topological polar surface area (TPSA) is 72.7 Å². The van der Waals surface area contributed by atoms with Gasteiger partial charge in [0.2, 0.25) is 5.91 Å². The molecule has 152 valence electrons. The van der Waals surface area contributed by atoms with Crippen LogP contribution in [0.2, 0.25) is 0 Å². The van der Waals surface area contributed by atoms with Crippen LogP contribution in [0.5, 0.6) is 0 Å². The first kappa shape index (κ1) is 21.0. The molecule has 0 aliphatic heterocycles. The number of benzene rings is 1. The number of nitrogens with one attached hydrogen (secondary N) is 1. The maximum atomic E-state index is 12.5. The average molecular weight is 410 g/mol. The van der Waals surface area contributed by atoms with Gasteiger partial charge >= 0.3 is 0 Å². The summed E-state index contributed by atoms with van der Waals surface area (Å²) in [5, 5.41) is 16.5. The van der Waals surface area contributed by atoms with E-state index in [9.17, 15) is 4.79 Å². The van der Waals surface area contributed by atoms with Gasteiger partial charge in [-0.3, -0.25) is 4.79 Å². The summed E-state index contributed by atoms with van der Waals surface area (Å²) < 4.78 is 1.77. The van der Waals surface area contributed by atoms with E-state index >= 15 is 0 Å². The molecule has 6 nitrogen and oxygen atoms in total. The first-order valence-corrected chi connectivity index (χ1v) is 10.7. The highest BCUT2D eigenvalue weighted by atomic mass is 32.2. The van der Waals surface area contributed by atoms with Gasteiger partial charge in [0.1, 0.15) is 5.03 Å². The molecule has 2 unspecified atom stereocenters. The van der Waals surface area contributed by atoms with Gasteiger partial charge in [0.15, 0.2) is 5.82 Å². The molecule has 2 heterocycles. The lowest BCUT2D eigenvalue weighted by Crippen LogP contribution is -2.37. The van der Waals surface area contributed by atoms with Crippen molar-refractivity contribution in [2.24, 2.45) is 0 Å². The fourth-order valence-corrected chi connectivity index (χ4v) is 3.82. The van der Waals surface area contributed by atoms with Gasteiger partial charge in [0.05, 0.1) is 10.9 Å². The van der Waals surface area contributed by atoms with Crippen LogP contribution in [-0.2, 0) is 11.2 Å². The van der Waals surface area contributed by atoms with Crippen molar-refractivity contribution >= 4 is 17.7 Å². The third kappa shape index (κ3) is 5.90. The van der Waals surface area contributed by atoms with Gasteiger partial charge in [0, 0.05) is 11.7 Å². The Morgan fingerprint density at radius 2 is 1.86 bits per heavy atom. The molecule has 2 aromatic heterocycles. The monoisotopic (exact) mass is 409 g/mol. The van der Waals surface area contributed by atoms with Crippen molar-refractivity contribution < 1.29 is 4.79 Å². The predicted molar refractivity (Wildman–Crippen MR) is 116 cm³/mol. The molecular weight excluding hydrogens is 382 g/mol. The van der Waals surface area contributed by atoms with E-state index in [-0.39, 0.29) is 17.2 Å². The summed E-state index contributed by atoms with van der Waals surface area (Å²) in [6.45, 7) is 7.86. The molecule has 2 atom stereocenters. The van der Waals surface area contributed by atoms with E-state index in [0.717, 1.165) is 29.3 Å². The number of hydrogen-bond acceptors (Lipinski definition) is 5. The van der Waals surface area contributed by atoms with Gasteiger partial charge in [-0.25, -0.2) is 4.68 Å². The number of carbonyl (C=O) groups is 1. The number of amides is 1. The average Bonchev–Trinajstić information content (AvgIpc) is 3.05. The summed E-state index contributed by atoms with van der Waals surface area (Å²) >= 11 is 1.41. The van der Waals surface area contributed by atoms with E-state index in [1.54, 1.807) is 4.68 Å². The Hall–Kier alpha value is -2.67. The number of thioether (sulfide) groups is 1. The fourth-order valence-electron chi connectivity index (χ4n) is 3.04. The van der Waals surface area contributed by atoms with E-state index in [0.29, 0.717) is 5.82 Å². The number of aromatic nitrogens is 4. The van der Waals surface area contributed by atoms with Crippen molar-refractivity contribution in [1.82, 2.24) is 25.3 Å². The van der Waals surface area contributed by atoms with Crippen LogP contribution in [0.1, 0.15) is 37.2 Å². The minimum Gasteiger partial charge on any atom is -0.353 e. The van der Waals surface area contributed by atoms with Crippen LogP contribution < -0.4 is 5.32 Å². The summed E-state index contributed by atoms with van der Waals surface area (Å²) in [4.78, 5) is 12.5. The van der Waals surface area contributed by atoms with E-state index in [2.05, 4.69) is 32.7 Å². The molecule has 1 N–H and O–H groups in total. The second-order valence-electron chi connectivity index (χ2n) is 7.26. The van der Waals surface area contributed by atoms with Gasteiger partial charge in [-0.05, 0) is 64.3 Å². The molecule has 7 heteroatoms. The Kier molecular flexibility index (Phi) is 7.04. The zero-order valence-electron chi connectivity index (χ0n) is 17.3. The minimum atomic E-state index is -0.247. The minimum absolute atomic E-state index is 0.0139. The normalized spacial score (nSPS) is 13.1. The zero-order chi connectivity index (χ0) is 20.8. The van der Waals surface area contributed by atoms with Crippen LogP contribution in [0.3, 0.4) is 0 Å². The number of hydrogen-bond donors (Lipinski definition) is 1. The van der Waals surface area contributed by atoms with Gasteiger partial charge in [-0.15, -0.1) is 10.2 Å². The molecule has 0 bridgehead atoms. The maximum Gasteiger partial charge on any atom is 0.233 e. The first-order valence-electron chi connectivity index (χ1n) is 9.80. The lowest BCUT2D eigenvalue weighted by Gasteiger charge is -2.17. The van der Waals surface area contributed by atoms with Crippen LogP contribution >= 0.6 is 11.8 Å². The highest BCUT2D eigenvalue weighted by Crippen LogP contribution is 2.21. The second kappa shape index (κ2) is 9.69. The number of aryl methyl sites for hydroxylation is 3. The second-order valence-corrected chi connectivity index (χ2v) is 8.62. The van der Waals surface area contributed by atoms with Gasteiger partial charge in [-0.2, -0.15) is 5.10 Å². The molecule has 29 heavy (non-hydrogen) atoms. The molecule has 0 aliphatic carbocycles. The third-order valence-electron chi connectivity index (χ3n) is 4.62. The quantitative estimate of drug-likeness (QED) is 0.571. The summed E-state index contributed by atoms with van der Waals surface area (Å²) in [7, 11) is 0. The van der Waals surface area contributed by atoms with Crippen molar-refractivity contribution in [3.63, 3.8) is 0 Å². The lowest BCUT2D eigenvalue weighted by atomic mass is 10.1. The molecule has 0 aliphatic rings. The Morgan fingerprint density at radius 3 is 2.48 bits per heavy atom. The van der Waals surface area contributed by atoms with Crippen molar-refractivity contribution in [2.45, 2.75) is 56.9 Å². The summed E-state index contributed by atoms with van der Waals surface area (Å²) in [5.74, 6) is 0.687. The fraction of sp³-hybridized carbons (Fsp3) is 0.364.